The molecule has 3 heterocycles. The molecule has 3 fully saturated rings. The normalized spacial score (nSPS) is 24.5. The second kappa shape index (κ2) is 12.3. The molecule has 170 valence electrons. The lowest BCUT2D eigenvalue weighted by Crippen LogP contribution is -2.44. The van der Waals surface area contributed by atoms with Gasteiger partial charge in [0.25, 0.3) is 0 Å². The number of nitrogens with zero attached hydrogens (tertiary/aromatic N) is 1. The summed E-state index contributed by atoms with van der Waals surface area (Å²) in [5, 5.41) is 6.93. The Bertz CT molecular complexity index is 628. The molecule has 1 aromatic rings. The molecule has 0 radical (unpaired) electrons. The second-order valence-electron chi connectivity index (χ2n) is 8.40. The third-order valence-corrected chi connectivity index (χ3v) is 6.14. The van der Waals surface area contributed by atoms with Crippen molar-refractivity contribution in [1.29, 1.82) is 0 Å². The van der Waals surface area contributed by atoms with Crippen LogP contribution in [0.5, 0.6) is 0 Å². The van der Waals surface area contributed by atoms with E-state index in [0.717, 1.165) is 44.1 Å². The highest BCUT2D eigenvalue weighted by Gasteiger charge is 2.42. The molecule has 7 nitrogen and oxygen atoms in total. The molecule has 30 heavy (non-hydrogen) atoms. The molecule has 0 amide bonds. The van der Waals surface area contributed by atoms with E-state index in [1.807, 2.05) is 12.1 Å². The van der Waals surface area contributed by atoms with Gasteiger partial charge < -0.3 is 29.3 Å². The molecular weight excluding hydrogens is 497 g/mol. The van der Waals surface area contributed by atoms with E-state index in [1.165, 1.54) is 32.1 Å². The number of furan rings is 1. The average molecular weight is 533 g/mol. The van der Waals surface area contributed by atoms with E-state index in [0.29, 0.717) is 32.3 Å². The van der Waals surface area contributed by atoms with Crippen molar-refractivity contribution >= 4 is 29.9 Å². The number of rotatable bonds is 7. The van der Waals surface area contributed by atoms with Crippen molar-refractivity contribution in [1.82, 2.24) is 10.6 Å². The first-order valence-electron chi connectivity index (χ1n) is 11.3. The predicted octanol–water partition coefficient (Wildman–Crippen LogP) is 3.48. The van der Waals surface area contributed by atoms with Crippen LogP contribution in [0.15, 0.2) is 27.8 Å². The first-order chi connectivity index (χ1) is 14.3. The van der Waals surface area contributed by atoms with Crippen LogP contribution in [0.1, 0.15) is 50.7 Å². The molecule has 0 bridgehead atoms. The third kappa shape index (κ3) is 7.10. The smallest absolute Gasteiger partial charge is 0.191 e. The highest BCUT2D eigenvalue weighted by Crippen LogP contribution is 2.33. The number of halogens is 1. The fraction of sp³-hybridized carbons (Fsp3) is 0.773. The minimum atomic E-state index is -0.434. The highest BCUT2D eigenvalue weighted by molar-refractivity contribution is 14.0. The molecule has 1 atom stereocenters. The first-order valence-corrected chi connectivity index (χ1v) is 11.3. The molecule has 2 N–H and O–H groups in total. The van der Waals surface area contributed by atoms with Gasteiger partial charge in [0.1, 0.15) is 11.9 Å². The minimum Gasteiger partial charge on any atom is -0.469 e. The van der Waals surface area contributed by atoms with Crippen LogP contribution >= 0.6 is 24.0 Å². The van der Waals surface area contributed by atoms with E-state index in [1.54, 1.807) is 6.26 Å². The van der Waals surface area contributed by atoms with Crippen molar-refractivity contribution in [3.05, 3.63) is 24.2 Å². The summed E-state index contributed by atoms with van der Waals surface area (Å²) in [6, 6.07) is 3.93. The lowest BCUT2D eigenvalue weighted by Gasteiger charge is -2.31. The summed E-state index contributed by atoms with van der Waals surface area (Å²) < 4.78 is 23.1. The average Bonchev–Trinajstić information content (AvgIpc) is 3.41. The summed E-state index contributed by atoms with van der Waals surface area (Å²) in [5.41, 5.74) is 0. The summed E-state index contributed by atoms with van der Waals surface area (Å²) in [4.78, 5) is 4.88. The number of guanidine groups is 1. The van der Waals surface area contributed by atoms with Gasteiger partial charge in [-0.15, -0.1) is 24.0 Å². The van der Waals surface area contributed by atoms with Crippen molar-refractivity contribution in [2.45, 2.75) is 63.3 Å². The van der Waals surface area contributed by atoms with E-state index < -0.39 is 5.79 Å². The monoisotopic (exact) mass is 533 g/mol. The molecule has 1 unspecified atom stereocenters. The second-order valence-corrected chi connectivity index (χ2v) is 8.40. The van der Waals surface area contributed by atoms with Crippen LogP contribution < -0.4 is 10.6 Å². The van der Waals surface area contributed by atoms with Gasteiger partial charge in [-0.05, 0) is 30.9 Å². The first kappa shape index (κ1) is 23.8. The summed E-state index contributed by atoms with van der Waals surface area (Å²) in [6.07, 6.45) is 10.9. The summed E-state index contributed by atoms with van der Waals surface area (Å²) in [6.45, 7) is 4.41. The van der Waals surface area contributed by atoms with Gasteiger partial charge in [0.15, 0.2) is 11.7 Å². The van der Waals surface area contributed by atoms with Gasteiger partial charge in [-0.25, -0.2) is 0 Å². The highest BCUT2D eigenvalue weighted by atomic mass is 127. The van der Waals surface area contributed by atoms with Gasteiger partial charge in [0, 0.05) is 38.9 Å². The maximum absolute atomic E-state index is 6.24. The number of aliphatic imine (C=N–C) groups is 1. The summed E-state index contributed by atoms with van der Waals surface area (Å²) in [7, 11) is 0. The van der Waals surface area contributed by atoms with Gasteiger partial charge in [0.2, 0.25) is 0 Å². The number of hydrogen-bond donors (Lipinski definition) is 2. The molecule has 2 saturated heterocycles. The van der Waals surface area contributed by atoms with E-state index in [4.69, 9.17) is 23.6 Å². The predicted molar refractivity (Wildman–Crippen MR) is 126 cm³/mol. The van der Waals surface area contributed by atoms with E-state index in [9.17, 15) is 0 Å². The Morgan fingerprint density at radius 3 is 2.73 bits per heavy atom. The van der Waals surface area contributed by atoms with Crippen molar-refractivity contribution in [2.24, 2.45) is 10.9 Å². The SMILES string of the molecule is I.c1coc(CCNC(=NCC2CCCCC2)NCC2COC3(CCOCC3)O2)c1. The standard InChI is InChI=1S/C22H35N3O4.HI/c1-2-5-18(6-3-1)15-24-21(23-11-8-19-7-4-12-27-19)25-16-20-17-28-22(29-20)9-13-26-14-10-22;/h4,7,12,18,20H,1-3,5-6,8-11,13-17H2,(H2,23,24,25);1H. The lowest BCUT2D eigenvalue weighted by atomic mass is 9.89. The molecule has 1 spiro atoms. The van der Waals surface area contributed by atoms with Crippen molar-refractivity contribution in [3.8, 4) is 0 Å². The Balaban J connectivity index is 0.00000256. The van der Waals surface area contributed by atoms with E-state index in [-0.39, 0.29) is 30.1 Å². The van der Waals surface area contributed by atoms with Crippen molar-refractivity contribution < 1.29 is 18.6 Å². The van der Waals surface area contributed by atoms with Gasteiger partial charge in [-0.2, -0.15) is 0 Å². The zero-order chi connectivity index (χ0) is 19.8. The maximum atomic E-state index is 6.24. The van der Waals surface area contributed by atoms with Crippen molar-refractivity contribution in [2.75, 3.05) is 39.5 Å². The Morgan fingerprint density at radius 2 is 1.97 bits per heavy atom. The molecule has 0 aromatic carbocycles. The van der Waals surface area contributed by atoms with Crippen LogP contribution in [0.2, 0.25) is 0 Å². The fourth-order valence-corrected chi connectivity index (χ4v) is 4.40. The van der Waals surface area contributed by atoms with Crippen LogP contribution in [0, 0.1) is 5.92 Å². The number of ether oxygens (including phenoxy) is 3. The Kier molecular flexibility index (Phi) is 9.73. The number of hydrogen-bond acceptors (Lipinski definition) is 5. The molecule has 8 heteroatoms. The Morgan fingerprint density at radius 1 is 1.13 bits per heavy atom. The van der Waals surface area contributed by atoms with E-state index >= 15 is 0 Å². The van der Waals surface area contributed by atoms with Crippen LogP contribution in [-0.2, 0) is 20.6 Å². The Hall–Kier alpha value is -0.840. The third-order valence-electron chi connectivity index (χ3n) is 6.14. The zero-order valence-electron chi connectivity index (χ0n) is 17.8. The van der Waals surface area contributed by atoms with Gasteiger partial charge in [-0.1, -0.05) is 19.3 Å². The van der Waals surface area contributed by atoms with Gasteiger partial charge in [0.05, 0.1) is 26.1 Å². The van der Waals surface area contributed by atoms with E-state index in [2.05, 4.69) is 10.6 Å². The molecule has 1 aromatic heterocycles. The zero-order valence-corrected chi connectivity index (χ0v) is 20.1. The molecule has 1 aliphatic carbocycles. The van der Waals surface area contributed by atoms with Crippen molar-refractivity contribution in [3.63, 3.8) is 0 Å². The van der Waals surface area contributed by atoms with Gasteiger partial charge in [-0.3, -0.25) is 4.99 Å². The molecule has 2 aliphatic heterocycles. The van der Waals surface area contributed by atoms with Crippen LogP contribution in [-0.4, -0.2) is 57.3 Å². The fourth-order valence-electron chi connectivity index (χ4n) is 4.40. The maximum Gasteiger partial charge on any atom is 0.191 e. The van der Waals surface area contributed by atoms with Crippen LogP contribution in [0.4, 0.5) is 0 Å². The largest absolute Gasteiger partial charge is 0.469 e. The molecule has 4 rings (SSSR count). The molecule has 3 aliphatic rings. The lowest BCUT2D eigenvalue weighted by molar-refractivity contribution is -0.210. The van der Waals surface area contributed by atoms with Crippen LogP contribution in [0.3, 0.4) is 0 Å². The number of nitrogens with one attached hydrogen (secondary N) is 2. The van der Waals surface area contributed by atoms with Crippen LogP contribution in [0.25, 0.3) is 0 Å². The Labute approximate surface area is 196 Å². The molecule has 1 saturated carbocycles. The minimum absolute atomic E-state index is 0. The quantitative estimate of drug-likeness (QED) is 0.318. The topological polar surface area (TPSA) is 77.3 Å². The molecular formula is C22H36IN3O4. The summed E-state index contributed by atoms with van der Waals surface area (Å²) >= 11 is 0. The van der Waals surface area contributed by atoms with Gasteiger partial charge >= 0.3 is 0 Å². The summed E-state index contributed by atoms with van der Waals surface area (Å²) in [5.74, 6) is 2.12.